The minimum atomic E-state index is -1.37. The van der Waals surface area contributed by atoms with Gasteiger partial charge in [-0.05, 0) is 60.2 Å². The van der Waals surface area contributed by atoms with Crippen molar-refractivity contribution in [1.29, 1.82) is 0 Å². The fourth-order valence-electron chi connectivity index (χ4n) is 9.78. The maximum absolute atomic E-state index is 6.82. The Bertz CT molecular complexity index is 1190. The molecule has 202 valence electrons. The zero-order valence-corrected chi connectivity index (χ0v) is 27.4. The molecule has 0 aromatic heterocycles. The fraction of sp³-hybridized carbons (Fsp3) is 0.750. The van der Waals surface area contributed by atoms with E-state index in [1.54, 1.807) is 0 Å². The highest BCUT2D eigenvalue weighted by atomic mass is 35.5. The van der Waals surface area contributed by atoms with Crippen LogP contribution in [0, 0.1) is 47.3 Å². The predicted octanol–water partition coefficient (Wildman–Crippen LogP) is 9.75. The number of rotatable bonds is 0. The van der Waals surface area contributed by atoms with Gasteiger partial charge in [-0.25, -0.2) is 0 Å². The Morgan fingerprint density at radius 3 is 1.19 bits per heavy atom. The highest BCUT2D eigenvalue weighted by Gasteiger charge is 2.89. The Labute approximate surface area is 274 Å². The van der Waals surface area contributed by atoms with Crippen LogP contribution >= 0.6 is 139 Å². The molecule has 9 rings (SSSR count). The summed E-state index contributed by atoms with van der Waals surface area (Å²) in [5.74, 6) is 1.59. The molecular formula is C24H16Cl12O. The van der Waals surface area contributed by atoms with Crippen LogP contribution in [0.3, 0.4) is 0 Å². The quantitative estimate of drug-likeness (QED) is 0.104. The van der Waals surface area contributed by atoms with E-state index in [4.69, 9.17) is 144 Å². The topological polar surface area (TPSA) is 12.5 Å². The van der Waals surface area contributed by atoms with Gasteiger partial charge < -0.3 is 4.74 Å². The molecule has 8 aliphatic carbocycles. The number of ether oxygens (including phenoxy) is 1. The molecule has 14 atom stereocenters. The van der Waals surface area contributed by atoms with E-state index < -0.39 is 28.2 Å². The van der Waals surface area contributed by atoms with Gasteiger partial charge in [0, 0.05) is 0 Å². The third kappa shape index (κ3) is 2.45. The van der Waals surface area contributed by atoms with Gasteiger partial charge in [0.2, 0.25) is 0 Å². The molecule has 9 aliphatic rings. The number of hydrogen-bond acceptors (Lipinski definition) is 1. The number of allylic oxidation sites excluding steroid dienone is 6. The van der Waals surface area contributed by atoms with Crippen molar-refractivity contribution in [3.05, 3.63) is 32.3 Å². The first kappa shape index (κ1) is 27.2. The average molecular weight is 746 g/mol. The second-order valence-electron chi connectivity index (χ2n) is 11.9. The first-order valence-electron chi connectivity index (χ1n) is 12.0. The zero-order chi connectivity index (χ0) is 26.6. The van der Waals surface area contributed by atoms with Crippen LogP contribution in [-0.2, 0) is 4.74 Å². The minimum absolute atomic E-state index is 0.0467. The lowest BCUT2D eigenvalue weighted by Crippen LogP contribution is -2.46. The van der Waals surface area contributed by atoms with E-state index in [0.29, 0.717) is 43.8 Å². The zero-order valence-electron chi connectivity index (χ0n) is 18.3. The Balaban J connectivity index is 0.000000117. The van der Waals surface area contributed by atoms with Crippen molar-refractivity contribution in [2.75, 3.05) is 0 Å². The lowest BCUT2D eigenvalue weighted by atomic mass is 9.73. The summed E-state index contributed by atoms with van der Waals surface area (Å²) in [4.78, 5) is -4.30. The molecule has 0 N–H and O–H groups in total. The van der Waals surface area contributed by atoms with Crippen LogP contribution in [0.2, 0.25) is 0 Å². The Kier molecular flexibility index (Phi) is 5.50. The van der Waals surface area contributed by atoms with Crippen LogP contribution in [0.4, 0.5) is 0 Å². The van der Waals surface area contributed by atoms with E-state index in [0.717, 1.165) is 12.8 Å². The summed E-state index contributed by atoms with van der Waals surface area (Å²) in [6.07, 6.45) is 7.03. The second-order valence-corrected chi connectivity index (χ2v) is 18.5. The summed E-state index contributed by atoms with van der Waals surface area (Å²) in [7, 11) is 0. The van der Waals surface area contributed by atoms with Crippen LogP contribution in [0.25, 0.3) is 0 Å². The van der Waals surface area contributed by atoms with Crippen molar-refractivity contribution >= 4 is 139 Å². The van der Waals surface area contributed by atoms with Gasteiger partial charge in [-0.3, -0.25) is 0 Å². The Hall–Kier alpha value is 2.66. The molecule has 1 saturated heterocycles. The number of halogens is 12. The summed E-state index contributed by atoms with van der Waals surface area (Å²) in [5.41, 5.74) is 0. The van der Waals surface area contributed by atoms with Crippen LogP contribution in [0.5, 0.6) is 0 Å². The van der Waals surface area contributed by atoms with E-state index in [1.165, 1.54) is 0 Å². The van der Waals surface area contributed by atoms with E-state index >= 15 is 0 Å². The van der Waals surface area contributed by atoms with Gasteiger partial charge in [-0.15, -0.1) is 46.4 Å². The number of fused-ring (bicyclic) bond motifs is 21. The maximum atomic E-state index is 6.82. The van der Waals surface area contributed by atoms with Crippen LogP contribution in [0.15, 0.2) is 32.3 Å². The lowest BCUT2D eigenvalue weighted by Gasteiger charge is -2.38. The third-order valence-corrected chi connectivity index (χ3v) is 19.6. The van der Waals surface area contributed by atoms with Crippen molar-refractivity contribution < 1.29 is 4.74 Å². The Morgan fingerprint density at radius 1 is 0.514 bits per heavy atom. The largest absolute Gasteiger partial charge is 0.369 e. The number of hydrogen-bond donors (Lipinski definition) is 0. The van der Waals surface area contributed by atoms with Crippen molar-refractivity contribution in [1.82, 2.24) is 0 Å². The molecule has 5 saturated carbocycles. The second kappa shape index (κ2) is 7.47. The summed E-state index contributed by atoms with van der Waals surface area (Å²) in [5, 5.41) is 1.30. The molecular weight excluding hydrogens is 730 g/mol. The van der Waals surface area contributed by atoms with Crippen LogP contribution < -0.4 is 0 Å². The van der Waals surface area contributed by atoms with Gasteiger partial charge in [0.25, 0.3) is 0 Å². The first-order chi connectivity index (χ1) is 17.1. The van der Waals surface area contributed by atoms with E-state index in [9.17, 15) is 0 Å². The molecule has 8 unspecified atom stereocenters. The van der Waals surface area contributed by atoms with Gasteiger partial charge in [0.05, 0.1) is 32.3 Å². The molecule has 1 heterocycles. The third-order valence-electron chi connectivity index (χ3n) is 11.0. The molecule has 0 spiro atoms. The summed E-state index contributed by atoms with van der Waals surface area (Å²) in [6, 6.07) is 0. The molecule has 0 amide bonds. The van der Waals surface area contributed by atoms with Crippen molar-refractivity contribution in [2.24, 2.45) is 47.3 Å². The molecule has 0 radical (unpaired) electrons. The summed E-state index contributed by atoms with van der Waals surface area (Å²) in [6.45, 7) is 0. The predicted molar refractivity (Wildman–Crippen MR) is 156 cm³/mol. The summed E-state index contributed by atoms with van der Waals surface area (Å²) < 4.78 is 2.98. The maximum Gasteiger partial charge on any atom is 0.166 e. The van der Waals surface area contributed by atoms with E-state index in [1.807, 2.05) is 0 Å². The minimum Gasteiger partial charge on any atom is -0.369 e. The van der Waals surface area contributed by atoms with Crippen molar-refractivity contribution in [3.8, 4) is 0 Å². The summed E-state index contributed by atoms with van der Waals surface area (Å²) >= 11 is 78.7. The van der Waals surface area contributed by atoms with Crippen molar-refractivity contribution in [2.45, 2.75) is 53.2 Å². The molecule has 37 heavy (non-hydrogen) atoms. The van der Waals surface area contributed by atoms with Gasteiger partial charge in [0.1, 0.15) is 19.5 Å². The van der Waals surface area contributed by atoms with Gasteiger partial charge in [-0.2, -0.15) is 0 Å². The molecule has 1 nitrogen and oxygen atoms in total. The fourth-order valence-corrected chi connectivity index (χ4v) is 16.0. The van der Waals surface area contributed by atoms with Crippen LogP contribution in [0.1, 0.15) is 12.8 Å². The highest BCUT2D eigenvalue weighted by Crippen LogP contribution is 2.84. The normalized spacial score (nSPS) is 62.8. The van der Waals surface area contributed by atoms with Gasteiger partial charge in [0.15, 0.2) is 8.67 Å². The standard InChI is InChI=1S/C12H8Cl6O.C12H8Cl6/c13-8-9(14)11(16)5-3-1-2(6-7(3)19-6)4(5)10(8,15)12(11,17)18;13-8-9(14)11(16)7-5-2-1-4(3-5)6(7)10(8,15)12(11,17)18/h2-7H,1H2;1-2,4-7H,3H2/t;4-,5+,6+,7-,10+,11-. The smallest absolute Gasteiger partial charge is 0.166 e. The number of alkyl halides is 8. The molecule has 1 aliphatic heterocycles. The molecule has 0 aromatic carbocycles. The monoisotopic (exact) mass is 740 g/mol. The number of epoxide rings is 1. The van der Waals surface area contributed by atoms with E-state index in [2.05, 4.69) is 12.2 Å². The highest BCUT2D eigenvalue weighted by molar-refractivity contribution is 6.67. The molecule has 0 aromatic rings. The molecule has 13 heteroatoms. The Morgan fingerprint density at radius 2 is 0.838 bits per heavy atom. The van der Waals surface area contributed by atoms with E-state index in [-0.39, 0.29) is 35.9 Å². The van der Waals surface area contributed by atoms with Gasteiger partial charge >= 0.3 is 0 Å². The SMILES string of the molecule is ClC1=C(Cl)C2(Cl)C3C4CC(C5OC45)C3C1(Cl)C2(Cl)Cl.ClC1=C(Cl)[C@]2(Cl)[C@H]3[C@H]([C@@H]4C=C[C@H]3C4)[C@@]1(Cl)C2(Cl)Cl. The van der Waals surface area contributed by atoms with Crippen molar-refractivity contribution in [3.63, 3.8) is 0 Å². The average Bonchev–Trinajstić information content (AvgIpc) is 3.26. The van der Waals surface area contributed by atoms with Gasteiger partial charge in [-0.1, -0.05) is 105 Å². The first-order valence-corrected chi connectivity index (χ1v) is 16.6. The molecule has 8 bridgehead atoms. The van der Waals surface area contributed by atoms with Crippen LogP contribution in [-0.4, -0.2) is 40.4 Å². The molecule has 6 fully saturated rings. The lowest BCUT2D eigenvalue weighted by molar-refractivity contribution is 0.237.